The van der Waals surface area contributed by atoms with Gasteiger partial charge in [-0.2, -0.15) is 0 Å². The number of aryl methyl sites for hydroxylation is 1. The van der Waals surface area contributed by atoms with Crippen LogP contribution in [0.5, 0.6) is 0 Å². The molecule has 0 unspecified atom stereocenters. The first-order valence-electron chi connectivity index (χ1n) is 11.2. The Kier molecular flexibility index (Phi) is 9.08. The van der Waals surface area contributed by atoms with Gasteiger partial charge in [0.15, 0.2) is 11.8 Å². The van der Waals surface area contributed by atoms with Gasteiger partial charge >= 0.3 is 0 Å². The molecule has 1 aliphatic rings. The third-order valence-electron chi connectivity index (χ3n) is 6.13. The van der Waals surface area contributed by atoms with Crippen molar-refractivity contribution in [3.05, 3.63) is 83.4 Å². The van der Waals surface area contributed by atoms with Gasteiger partial charge in [0, 0.05) is 25.6 Å². The molecule has 3 aromatic rings. The molecule has 0 spiro atoms. The monoisotopic (exact) mass is 544 g/mol. The molecule has 0 amide bonds. The standard InChI is InChI=1S/C25H32N6.HI/c1-19-29-30-24(31(19)2)18-27-25(28-22-15-9-10-16-22)26-17-23(20-11-5-3-6-12-20)21-13-7-4-8-14-21;/h3-8,11-14,22-23H,9-10,15-18H2,1-2H3,(H2,26,27,28);1H. The molecule has 0 bridgehead atoms. The normalized spacial score (nSPS) is 14.4. The molecule has 7 heteroatoms. The molecule has 2 aromatic carbocycles. The Bertz CT molecular complexity index is 941. The number of nitrogens with zero attached hydrogens (tertiary/aromatic N) is 4. The van der Waals surface area contributed by atoms with E-state index in [0.717, 1.165) is 24.2 Å². The summed E-state index contributed by atoms with van der Waals surface area (Å²) in [5.74, 6) is 2.86. The second-order valence-corrected chi connectivity index (χ2v) is 8.27. The van der Waals surface area contributed by atoms with Crippen LogP contribution < -0.4 is 10.6 Å². The second-order valence-electron chi connectivity index (χ2n) is 8.27. The minimum absolute atomic E-state index is 0. The zero-order valence-electron chi connectivity index (χ0n) is 18.9. The molecule has 1 saturated carbocycles. The topological polar surface area (TPSA) is 67.1 Å². The maximum atomic E-state index is 4.86. The molecule has 0 radical (unpaired) electrons. The van der Waals surface area contributed by atoms with Crippen molar-refractivity contribution < 1.29 is 0 Å². The highest BCUT2D eigenvalue weighted by atomic mass is 127. The lowest BCUT2D eigenvalue weighted by molar-refractivity contribution is 0.605. The van der Waals surface area contributed by atoms with Crippen LogP contribution in [0.3, 0.4) is 0 Å². The first-order valence-corrected chi connectivity index (χ1v) is 11.2. The number of aromatic nitrogens is 3. The summed E-state index contributed by atoms with van der Waals surface area (Å²) in [5.41, 5.74) is 2.59. The lowest BCUT2D eigenvalue weighted by Crippen LogP contribution is -2.44. The summed E-state index contributed by atoms with van der Waals surface area (Å²) < 4.78 is 1.99. The fourth-order valence-corrected chi connectivity index (χ4v) is 4.15. The number of benzene rings is 2. The summed E-state index contributed by atoms with van der Waals surface area (Å²) in [4.78, 5) is 4.86. The number of nitrogens with one attached hydrogen (secondary N) is 2. The SMILES string of the molecule is Cc1nnc(CN=C(NCC(c2ccccc2)c2ccccc2)NC2CCCC2)n1C.I. The van der Waals surface area contributed by atoms with Crippen LogP contribution in [0.4, 0.5) is 0 Å². The Morgan fingerprint density at radius 3 is 2.12 bits per heavy atom. The van der Waals surface area contributed by atoms with Crippen LogP contribution in [0, 0.1) is 6.92 Å². The van der Waals surface area contributed by atoms with Crippen LogP contribution in [0.15, 0.2) is 65.7 Å². The van der Waals surface area contributed by atoms with E-state index < -0.39 is 0 Å². The highest BCUT2D eigenvalue weighted by Gasteiger charge is 2.19. The lowest BCUT2D eigenvalue weighted by Gasteiger charge is -2.22. The fraction of sp³-hybridized carbons (Fsp3) is 0.400. The maximum absolute atomic E-state index is 4.86. The van der Waals surface area contributed by atoms with Crippen LogP contribution in [0.25, 0.3) is 0 Å². The van der Waals surface area contributed by atoms with Crippen molar-refractivity contribution in [2.75, 3.05) is 6.54 Å². The van der Waals surface area contributed by atoms with E-state index in [9.17, 15) is 0 Å². The van der Waals surface area contributed by atoms with Crippen molar-refractivity contribution in [1.82, 2.24) is 25.4 Å². The van der Waals surface area contributed by atoms with Crippen molar-refractivity contribution in [2.24, 2.45) is 12.0 Å². The molecule has 6 nitrogen and oxygen atoms in total. The summed E-state index contributed by atoms with van der Waals surface area (Å²) in [6, 6.07) is 21.8. The van der Waals surface area contributed by atoms with Gasteiger partial charge in [-0.1, -0.05) is 73.5 Å². The molecular weight excluding hydrogens is 511 g/mol. The third-order valence-corrected chi connectivity index (χ3v) is 6.13. The largest absolute Gasteiger partial charge is 0.355 e. The summed E-state index contributed by atoms with van der Waals surface area (Å²) in [6.07, 6.45) is 4.96. The number of hydrogen-bond donors (Lipinski definition) is 2. The van der Waals surface area contributed by atoms with Crippen molar-refractivity contribution in [1.29, 1.82) is 0 Å². The van der Waals surface area contributed by atoms with E-state index in [1.54, 1.807) is 0 Å². The number of hydrogen-bond acceptors (Lipinski definition) is 3. The Morgan fingerprint density at radius 2 is 1.59 bits per heavy atom. The smallest absolute Gasteiger partial charge is 0.191 e. The third kappa shape index (κ3) is 6.31. The molecule has 4 rings (SSSR count). The van der Waals surface area contributed by atoms with E-state index in [0.29, 0.717) is 12.6 Å². The van der Waals surface area contributed by atoms with E-state index in [2.05, 4.69) is 81.5 Å². The summed E-state index contributed by atoms with van der Waals surface area (Å²) in [6.45, 7) is 3.23. The minimum atomic E-state index is 0. The Labute approximate surface area is 208 Å². The number of guanidine groups is 1. The molecule has 32 heavy (non-hydrogen) atoms. The van der Waals surface area contributed by atoms with Crippen molar-refractivity contribution in [3.63, 3.8) is 0 Å². The molecule has 1 heterocycles. The predicted molar refractivity (Wildman–Crippen MR) is 140 cm³/mol. The molecular formula is C25H33IN6. The Balaban J connectivity index is 0.00000289. The quantitative estimate of drug-likeness (QED) is 0.260. The molecule has 0 atom stereocenters. The zero-order chi connectivity index (χ0) is 21.5. The minimum Gasteiger partial charge on any atom is -0.355 e. The maximum Gasteiger partial charge on any atom is 0.191 e. The molecule has 2 N–H and O–H groups in total. The fourth-order valence-electron chi connectivity index (χ4n) is 4.15. The zero-order valence-corrected chi connectivity index (χ0v) is 21.2. The second kappa shape index (κ2) is 12.0. The van der Waals surface area contributed by atoms with Gasteiger partial charge in [0.2, 0.25) is 0 Å². The average molecular weight is 544 g/mol. The Hall–Kier alpha value is -2.42. The van der Waals surface area contributed by atoms with Gasteiger partial charge in [-0.3, -0.25) is 0 Å². The highest BCUT2D eigenvalue weighted by molar-refractivity contribution is 14.0. The number of rotatable bonds is 7. The van der Waals surface area contributed by atoms with Gasteiger partial charge in [0.25, 0.3) is 0 Å². The van der Waals surface area contributed by atoms with Crippen molar-refractivity contribution >= 4 is 29.9 Å². The van der Waals surface area contributed by atoms with Gasteiger partial charge in [-0.25, -0.2) is 4.99 Å². The molecule has 0 aliphatic heterocycles. The van der Waals surface area contributed by atoms with Gasteiger partial charge in [-0.15, -0.1) is 34.2 Å². The van der Waals surface area contributed by atoms with E-state index in [1.807, 2.05) is 18.5 Å². The van der Waals surface area contributed by atoms with E-state index in [-0.39, 0.29) is 29.9 Å². The van der Waals surface area contributed by atoms with Crippen molar-refractivity contribution in [2.45, 2.75) is 51.1 Å². The molecule has 1 fully saturated rings. The van der Waals surface area contributed by atoms with Gasteiger partial charge in [0.05, 0.1) is 0 Å². The summed E-state index contributed by atoms with van der Waals surface area (Å²) in [7, 11) is 1.98. The van der Waals surface area contributed by atoms with Crippen LogP contribution in [0.2, 0.25) is 0 Å². The molecule has 1 aromatic heterocycles. The van der Waals surface area contributed by atoms with Crippen LogP contribution in [-0.4, -0.2) is 33.3 Å². The van der Waals surface area contributed by atoms with E-state index in [1.165, 1.54) is 36.8 Å². The first kappa shape index (κ1) is 24.2. The van der Waals surface area contributed by atoms with Crippen molar-refractivity contribution in [3.8, 4) is 0 Å². The molecule has 170 valence electrons. The Morgan fingerprint density at radius 1 is 1.00 bits per heavy atom. The van der Waals surface area contributed by atoms with Crippen LogP contribution in [0.1, 0.15) is 54.4 Å². The molecule has 1 aliphatic carbocycles. The highest BCUT2D eigenvalue weighted by Crippen LogP contribution is 2.24. The number of halogens is 1. The van der Waals surface area contributed by atoms with Gasteiger partial charge in [0.1, 0.15) is 12.4 Å². The van der Waals surface area contributed by atoms with Gasteiger partial charge < -0.3 is 15.2 Å². The summed E-state index contributed by atoms with van der Waals surface area (Å²) >= 11 is 0. The summed E-state index contributed by atoms with van der Waals surface area (Å²) in [5, 5.41) is 15.7. The van der Waals surface area contributed by atoms with Gasteiger partial charge in [-0.05, 0) is 30.9 Å². The number of aliphatic imine (C=N–C) groups is 1. The molecule has 0 saturated heterocycles. The lowest BCUT2D eigenvalue weighted by atomic mass is 9.91. The predicted octanol–water partition coefficient (Wildman–Crippen LogP) is 4.55. The van der Waals surface area contributed by atoms with Crippen LogP contribution >= 0.6 is 24.0 Å². The van der Waals surface area contributed by atoms with E-state index in [4.69, 9.17) is 4.99 Å². The first-order chi connectivity index (χ1) is 15.2. The van der Waals surface area contributed by atoms with Crippen LogP contribution in [-0.2, 0) is 13.6 Å². The van der Waals surface area contributed by atoms with E-state index >= 15 is 0 Å². The average Bonchev–Trinajstić information content (AvgIpc) is 3.43.